The van der Waals surface area contributed by atoms with E-state index in [-0.39, 0.29) is 30.7 Å². The third-order valence-electron chi connectivity index (χ3n) is 3.72. The predicted octanol–water partition coefficient (Wildman–Crippen LogP) is 2.27. The molecule has 3 N–H and O–H groups in total. The number of carbonyl (C=O) groups is 1. The van der Waals surface area contributed by atoms with Crippen molar-refractivity contribution in [2.24, 2.45) is 11.7 Å². The average molecular weight is 337 g/mol. The lowest BCUT2D eigenvalue weighted by atomic mass is 9.98. The zero-order valence-electron chi connectivity index (χ0n) is 12.7. The van der Waals surface area contributed by atoms with Gasteiger partial charge in [-0.3, -0.25) is 4.79 Å². The van der Waals surface area contributed by atoms with Crippen LogP contribution in [0.15, 0.2) is 12.4 Å². The number of halogens is 2. The highest BCUT2D eigenvalue weighted by molar-refractivity contribution is 5.86. The molecule has 1 heterocycles. The van der Waals surface area contributed by atoms with Crippen molar-refractivity contribution < 1.29 is 4.79 Å². The fourth-order valence-electron chi connectivity index (χ4n) is 2.64. The van der Waals surface area contributed by atoms with E-state index in [0.717, 1.165) is 38.1 Å². The summed E-state index contributed by atoms with van der Waals surface area (Å²) in [5.74, 6) is 1.41. The highest BCUT2D eigenvalue weighted by Crippen LogP contribution is 2.27. The summed E-state index contributed by atoms with van der Waals surface area (Å²) in [7, 11) is 0. The second-order valence-electron chi connectivity index (χ2n) is 5.94. The van der Waals surface area contributed by atoms with Crippen molar-refractivity contribution in [1.29, 1.82) is 0 Å². The molecule has 0 unspecified atom stereocenters. The number of aromatic nitrogens is 2. The van der Waals surface area contributed by atoms with E-state index in [2.05, 4.69) is 28.7 Å². The molecule has 0 spiro atoms. The zero-order chi connectivity index (χ0) is 13.9. The lowest BCUT2D eigenvalue weighted by Crippen LogP contribution is -2.51. The topological polar surface area (TPSA) is 72.9 Å². The van der Waals surface area contributed by atoms with E-state index in [1.807, 2.05) is 6.20 Å². The quantitative estimate of drug-likeness (QED) is 0.866. The van der Waals surface area contributed by atoms with Gasteiger partial charge in [-0.1, -0.05) is 26.7 Å². The Bertz CT molecular complexity index is 442. The first kappa shape index (κ1) is 20.2. The van der Waals surface area contributed by atoms with Gasteiger partial charge < -0.3 is 15.6 Å². The fraction of sp³-hybridized carbons (Fsp3) is 0.714. The number of hydrogen-bond acceptors (Lipinski definition) is 3. The Hall–Kier alpha value is -0.780. The van der Waals surface area contributed by atoms with Gasteiger partial charge in [0.15, 0.2) is 0 Å². The summed E-state index contributed by atoms with van der Waals surface area (Å²) in [6.07, 6.45) is 7.41. The van der Waals surface area contributed by atoms with Crippen LogP contribution >= 0.6 is 24.8 Å². The summed E-state index contributed by atoms with van der Waals surface area (Å²) >= 11 is 0. The molecule has 0 saturated heterocycles. The minimum Gasteiger partial charge on any atom is -0.347 e. The first-order valence-corrected chi connectivity index (χ1v) is 7.08. The molecule has 0 radical (unpaired) electrons. The van der Waals surface area contributed by atoms with E-state index in [1.165, 1.54) is 0 Å². The molecule has 122 valence electrons. The van der Waals surface area contributed by atoms with E-state index >= 15 is 0 Å². The summed E-state index contributed by atoms with van der Waals surface area (Å²) < 4.78 is 2.09. The van der Waals surface area contributed by atoms with Crippen LogP contribution in [0, 0.1) is 5.92 Å². The van der Waals surface area contributed by atoms with Crippen molar-refractivity contribution in [1.82, 2.24) is 14.9 Å². The highest BCUT2D eigenvalue weighted by Gasteiger charge is 2.36. The van der Waals surface area contributed by atoms with Crippen LogP contribution in [0.5, 0.6) is 0 Å². The fourth-order valence-corrected chi connectivity index (χ4v) is 2.64. The molecule has 1 aromatic rings. The number of rotatable bonds is 5. The number of nitrogens with one attached hydrogen (secondary N) is 1. The summed E-state index contributed by atoms with van der Waals surface area (Å²) in [6.45, 7) is 5.70. The lowest BCUT2D eigenvalue weighted by Gasteiger charge is -2.22. The number of nitrogens with zero attached hydrogens (tertiary/aromatic N) is 2. The molecule has 0 bridgehead atoms. The van der Waals surface area contributed by atoms with Crippen LogP contribution in [0.4, 0.5) is 0 Å². The molecule has 1 amide bonds. The van der Waals surface area contributed by atoms with Crippen molar-refractivity contribution in [2.75, 3.05) is 0 Å². The minimum atomic E-state index is -0.657. The van der Waals surface area contributed by atoms with Gasteiger partial charge in [0.05, 0.1) is 12.1 Å². The Morgan fingerprint density at radius 1 is 1.43 bits per heavy atom. The van der Waals surface area contributed by atoms with E-state index < -0.39 is 5.54 Å². The summed E-state index contributed by atoms with van der Waals surface area (Å²) in [5.41, 5.74) is 5.46. The van der Waals surface area contributed by atoms with Gasteiger partial charge in [-0.15, -0.1) is 24.8 Å². The maximum absolute atomic E-state index is 12.1. The molecular formula is C14H26Cl2N4O. The largest absolute Gasteiger partial charge is 0.347 e. The Morgan fingerprint density at radius 3 is 2.62 bits per heavy atom. The minimum absolute atomic E-state index is 0. The SMILES string of the molecule is CC(C)Cn1ccnc1CNC(=O)C1(N)CCCC1.Cl.Cl. The third kappa shape index (κ3) is 5.16. The Balaban J connectivity index is 0.00000200. The van der Waals surface area contributed by atoms with Gasteiger partial charge >= 0.3 is 0 Å². The van der Waals surface area contributed by atoms with E-state index in [0.29, 0.717) is 12.5 Å². The Labute approximate surface area is 138 Å². The van der Waals surface area contributed by atoms with Gasteiger partial charge in [-0.2, -0.15) is 0 Å². The molecule has 1 aliphatic rings. The van der Waals surface area contributed by atoms with Crippen molar-refractivity contribution in [2.45, 2.75) is 58.2 Å². The van der Waals surface area contributed by atoms with Crippen molar-refractivity contribution >= 4 is 30.7 Å². The van der Waals surface area contributed by atoms with Crippen LogP contribution < -0.4 is 11.1 Å². The average Bonchev–Trinajstić information content (AvgIpc) is 2.96. The van der Waals surface area contributed by atoms with Crippen LogP contribution in [0.1, 0.15) is 45.4 Å². The van der Waals surface area contributed by atoms with Crippen LogP contribution in [0.3, 0.4) is 0 Å². The molecule has 1 saturated carbocycles. The molecule has 1 fully saturated rings. The predicted molar refractivity (Wildman–Crippen MR) is 88.8 cm³/mol. The molecule has 2 rings (SSSR count). The van der Waals surface area contributed by atoms with Gasteiger partial charge in [0.25, 0.3) is 0 Å². The standard InChI is InChI=1S/C14H24N4O.2ClH/c1-11(2)10-18-8-7-16-12(18)9-17-13(19)14(15)5-3-4-6-14;;/h7-8,11H,3-6,9-10,15H2,1-2H3,(H,17,19);2*1H. The lowest BCUT2D eigenvalue weighted by molar-refractivity contribution is -0.126. The number of nitrogens with two attached hydrogens (primary N) is 1. The monoisotopic (exact) mass is 336 g/mol. The number of hydrogen-bond donors (Lipinski definition) is 2. The van der Waals surface area contributed by atoms with Crippen LogP contribution in [-0.2, 0) is 17.9 Å². The second kappa shape index (κ2) is 8.61. The molecule has 0 aromatic carbocycles. The normalized spacial score (nSPS) is 16.2. The zero-order valence-corrected chi connectivity index (χ0v) is 14.3. The molecule has 1 aliphatic carbocycles. The van der Waals surface area contributed by atoms with Gasteiger partial charge in [-0.25, -0.2) is 4.98 Å². The van der Waals surface area contributed by atoms with Crippen LogP contribution in [-0.4, -0.2) is 21.0 Å². The highest BCUT2D eigenvalue weighted by atomic mass is 35.5. The van der Waals surface area contributed by atoms with Crippen LogP contribution in [0.2, 0.25) is 0 Å². The first-order chi connectivity index (χ1) is 9.01. The van der Waals surface area contributed by atoms with Gasteiger partial charge in [-0.05, 0) is 18.8 Å². The van der Waals surface area contributed by atoms with Gasteiger partial charge in [0.2, 0.25) is 5.91 Å². The summed E-state index contributed by atoms with van der Waals surface area (Å²) in [6, 6.07) is 0. The molecule has 1 aromatic heterocycles. The summed E-state index contributed by atoms with van der Waals surface area (Å²) in [5, 5.41) is 2.93. The second-order valence-corrected chi connectivity index (χ2v) is 5.94. The van der Waals surface area contributed by atoms with E-state index in [4.69, 9.17) is 5.73 Å². The smallest absolute Gasteiger partial charge is 0.240 e. The van der Waals surface area contributed by atoms with Gasteiger partial charge in [0, 0.05) is 18.9 Å². The van der Waals surface area contributed by atoms with Crippen molar-refractivity contribution in [3.63, 3.8) is 0 Å². The molecule has 0 aliphatic heterocycles. The molecule has 7 heteroatoms. The van der Waals surface area contributed by atoms with E-state index in [9.17, 15) is 4.79 Å². The Morgan fingerprint density at radius 2 is 2.05 bits per heavy atom. The number of imidazole rings is 1. The number of carbonyl (C=O) groups excluding carboxylic acids is 1. The number of amides is 1. The van der Waals surface area contributed by atoms with Crippen molar-refractivity contribution in [3.05, 3.63) is 18.2 Å². The van der Waals surface area contributed by atoms with Gasteiger partial charge in [0.1, 0.15) is 5.82 Å². The van der Waals surface area contributed by atoms with E-state index in [1.54, 1.807) is 6.20 Å². The summed E-state index contributed by atoms with van der Waals surface area (Å²) in [4.78, 5) is 16.4. The van der Waals surface area contributed by atoms with Crippen LogP contribution in [0.25, 0.3) is 0 Å². The molecular weight excluding hydrogens is 311 g/mol. The first-order valence-electron chi connectivity index (χ1n) is 7.08. The molecule has 0 atom stereocenters. The molecule has 21 heavy (non-hydrogen) atoms. The third-order valence-corrected chi connectivity index (χ3v) is 3.72. The molecule has 5 nitrogen and oxygen atoms in total. The maximum Gasteiger partial charge on any atom is 0.240 e. The van der Waals surface area contributed by atoms with Crippen molar-refractivity contribution in [3.8, 4) is 0 Å². The Kier molecular flexibility index (Phi) is 8.29. The maximum atomic E-state index is 12.1.